The first-order valence-corrected chi connectivity index (χ1v) is 8.78. The molecule has 1 aliphatic heterocycles. The first-order chi connectivity index (χ1) is 13.1. The third-order valence-electron chi connectivity index (χ3n) is 4.76. The van der Waals surface area contributed by atoms with Crippen LogP contribution in [0.15, 0.2) is 53.1 Å². The van der Waals surface area contributed by atoms with Crippen LogP contribution in [0.1, 0.15) is 27.8 Å². The van der Waals surface area contributed by atoms with Gasteiger partial charge in [-0.3, -0.25) is 9.69 Å². The van der Waals surface area contributed by atoms with Gasteiger partial charge in [-0.15, -0.1) is 12.4 Å². The SMILES string of the molecule is CN1CCNCC1c1noc(-c2ccccc2C(=O)c2ccc(F)cc2)n1.Cl. The van der Waals surface area contributed by atoms with Crippen molar-refractivity contribution in [1.29, 1.82) is 0 Å². The van der Waals surface area contributed by atoms with Gasteiger partial charge in [0.05, 0.1) is 11.6 Å². The second-order valence-corrected chi connectivity index (χ2v) is 6.54. The van der Waals surface area contributed by atoms with Crippen LogP contribution < -0.4 is 5.32 Å². The highest BCUT2D eigenvalue weighted by atomic mass is 35.5. The summed E-state index contributed by atoms with van der Waals surface area (Å²) in [4.78, 5) is 19.6. The Labute approximate surface area is 168 Å². The van der Waals surface area contributed by atoms with Crippen molar-refractivity contribution < 1.29 is 13.7 Å². The number of carbonyl (C=O) groups excluding carboxylic acids is 1. The molecule has 0 saturated carbocycles. The summed E-state index contributed by atoms with van der Waals surface area (Å²) in [7, 11) is 2.02. The Morgan fingerprint density at radius 1 is 1.21 bits per heavy atom. The monoisotopic (exact) mass is 402 g/mol. The molecule has 6 nitrogen and oxygen atoms in total. The lowest BCUT2D eigenvalue weighted by Crippen LogP contribution is -2.44. The zero-order valence-electron chi connectivity index (χ0n) is 15.3. The van der Waals surface area contributed by atoms with Crippen molar-refractivity contribution in [2.45, 2.75) is 6.04 Å². The van der Waals surface area contributed by atoms with Crippen LogP contribution in [0.25, 0.3) is 11.5 Å². The number of nitrogens with zero attached hydrogens (tertiary/aromatic N) is 3. The van der Waals surface area contributed by atoms with Crippen molar-refractivity contribution >= 4 is 18.2 Å². The Morgan fingerprint density at radius 3 is 2.71 bits per heavy atom. The molecule has 0 bridgehead atoms. The number of rotatable bonds is 4. The molecule has 8 heteroatoms. The zero-order valence-corrected chi connectivity index (χ0v) is 16.1. The van der Waals surface area contributed by atoms with Crippen LogP contribution in [-0.2, 0) is 0 Å². The van der Waals surface area contributed by atoms with E-state index in [4.69, 9.17) is 4.52 Å². The Kier molecular flexibility index (Phi) is 6.18. The molecule has 1 aliphatic rings. The van der Waals surface area contributed by atoms with Crippen molar-refractivity contribution in [2.75, 3.05) is 26.7 Å². The van der Waals surface area contributed by atoms with Gasteiger partial charge >= 0.3 is 0 Å². The summed E-state index contributed by atoms with van der Waals surface area (Å²) in [5.74, 6) is 0.284. The lowest BCUT2D eigenvalue weighted by atomic mass is 9.98. The lowest BCUT2D eigenvalue weighted by molar-refractivity contribution is 0.103. The Balaban J connectivity index is 0.00000225. The number of ketones is 1. The molecule has 146 valence electrons. The van der Waals surface area contributed by atoms with E-state index < -0.39 is 0 Å². The molecule has 0 radical (unpaired) electrons. The quantitative estimate of drug-likeness (QED) is 0.676. The van der Waals surface area contributed by atoms with Crippen LogP contribution in [-0.4, -0.2) is 47.5 Å². The minimum Gasteiger partial charge on any atom is -0.334 e. The molecule has 2 heterocycles. The number of hydrogen-bond acceptors (Lipinski definition) is 6. The molecule has 3 aromatic rings. The molecule has 1 N–H and O–H groups in total. The van der Waals surface area contributed by atoms with Gasteiger partial charge in [-0.2, -0.15) is 4.98 Å². The molecule has 1 fully saturated rings. The van der Waals surface area contributed by atoms with Crippen LogP contribution >= 0.6 is 12.4 Å². The number of likely N-dealkylation sites (N-methyl/N-ethyl adjacent to an activating group) is 1. The molecule has 0 amide bonds. The number of benzene rings is 2. The van der Waals surface area contributed by atoms with E-state index in [1.807, 2.05) is 13.1 Å². The number of piperazine rings is 1. The standard InChI is InChI=1S/C20H19FN4O2.ClH/c1-25-11-10-22-12-17(25)19-23-20(27-24-19)16-5-3-2-4-15(16)18(26)13-6-8-14(21)9-7-13;/h2-9,17,22H,10-12H2,1H3;1H. The molecule has 1 aromatic heterocycles. The molecule has 1 atom stereocenters. The fourth-order valence-corrected chi connectivity index (χ4v) is 3.20. The third-order valence-corrected chi connectivity index (χ3v) is 4.76. The maximum absolute atomic E-state index is 13.2. The molecular formula is C20H20ClFN4O2. The molecule has 28 heavy (non-hydrogen) atoms. The molecule has 0 spiro atoms. The van der Waals surface area contributed by atoms with E-state index in [-0.39, 0.29) is 30.0 Å². The normalized spacial score (nSPS) is 17.1. The summed E-state index contributed by atoms with van der Waals surface area (Å²) in [6.45, 7) is 2.56. The van der Waals surface area contributed by atoms with Crippen molar-refractivity contribution in [3.05, 3.63) is 71.3 Å². The molecular weight excluding hydrogens is 383 g/mol. The lowest BCUT2D eigenvalue weighted by Gasteiger charge is -2.30. The van der Waals surface area contributed by atoms with Crippen LogP contribution in [0.3, 0.4) is 0 Å². The van der Waals surface area contributed by atoms with Crippen LogP contribution in [0, 0.1) is 5.82 Å². The predicted octanol–water partition coefficient (Wildman–Crippen LogP) is 3.10. The van der Waals surface area contributed by atoms with E-state index in [9.17, 15) is 9.18 Å². The maximum Gasteiger partial charge on any atom is 0.258 e. The van der Waals surface area contributed by atoms with Gasteiger partial charge in [0.15, 0.2) is 11.6 Å². The second-order valence-electron chi connectivity index (χ2n) is 6.54. The molecule has 1 unspecified atom stereocenters. The average Bonchev–Trinajstić information content (AvgIpc) is 3.18. The summed E-state index contributed by atoms with van der Waals surface area (Å²) < 4.78 is 18.6. The first kappa shape index (κ1) is 20.1. The Hall–Kier alpha value is -2.61. The Bertz CT molecular complexity index is 961. The highest BCUT2D eigenvalue weighted by molar-refractivity contribution is 6.12. The average molecular weight is 403 g/mol. The van der Waals surface area contributed by atoms with Gasteiger partial charge in [0, 0.05) is 30.8 Å². The fraction of sp³-hybridized carbons (Fsp3) is 0.250. The van der Waals surface area contributed by atoms with Gasteiger partial charge in [-0.25, -0.2) is 4.39 Å². The topological polar surface area (TPSA) is 71.3 Å². The fourth-order valence-electron chi connectivity index (χ4n) is 3.20. The van der Waals surface area contributed by atoms with Crippen LogP contribution in [0.4, 0.5) is 4.39 Å². The van der Waals surface area contributed by atoms with E-state index in [2.05, 4.69) is 20.4 Å². The minimum absolute atomic E-state index is 0. The van der Waals surface area contributed by atoms with Gasteiger partial charge in [0.25, 0.3) is 5.89 Å². The highest BCUT2D eigenvalue weighted by Crippen LogP contribution is 2.27. The van der Waals surface area contributed by atoms with E-state index in [1.165, 1.54) is 24.3 Å². The van der Waals surface area contributed by atoms with E-state index >= 15 is 0 Å². The van der Waals surface area contributed by atoms with Crippen molar-refractivity contribution in [2.24, 2.45) is 0 Å². The van der Waals surface area contributed by atoms with Crippen molar-refractivity contribution in [3.8, 4) is 11.5 Å². The summed E-state index contributed by atoms with van der Waals surface area (Å²) in [6.07, 6.45) is 0. The van der Waals surface area contributed by atoms with Gasteiger partial charge in [-0.1, -0.05) is 23.4 Å². The first-order valence-electron chi connectivity index (χ1n) is 8.78. The minimum atomic E-state index is -0.383. The van der Waals surface area contributed by atoms with E-state index in [0.29, 0.717) is 28.4 Å². The van der Waals surface area contributed by atoms with Gasteiger partial charge in [0.1, 0.15) is 5.82 Å². The highest BCUT2D eigenvalue weighted by Gasteiger charge is 2.26. The molecule has 1 saturated heterocycles. The number of nitrogens with one attached hydrogen (secondary N) is 1. The number of hydrogen-bond donors (Lipinski definition) is 1. The Morgan fingerprint density at radius 2 is 1.96 bits per heavy atom. The third kappa shape index (κ3) is 3.96. The van der Waals surface area contributed by atoms with Crippen LogP contribution in [0.5, 0.6) is 0 Å². The second kappa shape index (κ2) is 8.60. The predicted molar refractivity (Wildman–Crippen MR) is 105 cm³/mol. The summed E-state index contributed by atoms with van der Waals surface area (Å²) in [6, 6.07) is 12.6. The van der Waals surface area contributed by atoms with Gasteiger partial charge in [0.2, 0.25) is 0 Å². The van der Waals surface area contributed by atoms with Crippen molar-refractivity contribution in [3.63, 3.8) is 0 Å². The van der Waals surface area contributed by atoms with Crippen LogP contribution in [0.2, 0.25) is 0 Å². The number of halogens is 2. The van der Waals surface area contributed by atoms with Gasteiger partial charge < -0.3 is 9.84 Å². The molecule has 0 aliphatic carbocycles. The summed E-state index contributed by atoms with van der Waals surface area (Å²) in [5, 5.41) is 7.44. The summed E-state index contributed by atoms with van der Waals surface area (Å²) in [5.41, 5.74) is 1.41. The van der Waals surface area contributed by atoms with E-state index in [1.54, 1.807) is 18.2 Å². The molecule has 4 rings (SSSR count). The summed E-state index contributed by atoms with van der Waals surface area (Å²) >= 11 is 0. The zero-order chi connectivity index (χ0) is 18.8. The van der Waals surface area contributed by atoms with E-state index in [0.717, 1.165) is 19.6 Å². The number of carbonyl (C=O) groups is 1. The van der Waals surface area contributed by atoms with Crippen molar-refractivity contribution in [1.82, 2.24) is 20.4 Å². The smallest absolute Gasteiger partial charge is 0.258 e. The van der Waals surface area contributed by atoms with Gasteiger partial charge in [-0.05, 0) is 37.4 Å². The maximum atomic E-state index is 13.2. The number of aromatic nitrogens is 2. The molecule has 2 aromatic carbocycles. The largest absolute Gasteiger partial charge is 0.334 e.